The van der Waals surface area contributed by atoms with Crippen molar-refractivity contribution < 1.29 is 9.59 Å². The molecule has 1 aliphatic heterocycles. The molecule has 0 saturated carbocycles. The Morgan fingerprint density at radius 3 is 2.21 bits per heavy atom. The Morgan fingerprint density at radius 1 is 1.26 bits per heavy atom. The third-order valence-corrected chi connectivity index (χ3v) is 3.62. The van der Waals surface area contributed by atoms with Crippen molar-refractivity contribution in [2.24, 2.45) is 11.7 Å². The van der Waals surface area contributed by atoms with Gasteiger partial charge in [-0.15, -0.1) is 0 Å². The van der Waals surface area contributed by atoms with Gasteiger partial charge in [-0.1, -0.05) is 0 Å². The van der Waals surface area contributed by atoms with Gasteiger partial charge in [0.1, 0.15) is 0 Å². The van der Waals surface area contributed by atoms with Gasteiger partial charge in [-0.3, -0.25) is 9.59 Å². The number of likely N-dealkylation sites (tertiary alicyclic amines) is 1. The lowest BCUT2D eigenvalue weighted by atomic mass is 9.94. The number of amides is 2. The molecule has 0 spiro atoms. The number of piperidine rings is 1. The molecule has 0 unspecified atom stereocenters. The van der Waals surface area contributed by atoms with Crippen LogP contribution in [0, 0.1) is 5.92 Å². The van der Waals surface area contributed by atoms with Gasteiger partial charge >= 0.3 is 0 Å². The summed E-state index contributed by atoms with van der Waals surface area (Å²) in [4.78, 5) is 27.4. The molecule has 0 aromatic carbocycles. The third-order valence-electron chi connectivity index (χ3n) is 3.62. The van der Waals surface area contributed by atoms with Crippen LogP contribution in [-0.4, -0.2) is 54.3 Å². The van der Waals surface area contributed by atoms with E-state index < -0.39 is 0 Å². The predicted molar refractivity (Wildman–Crippen MR) is 75.5 cm³/mol. The zero-order valence-electron chi connectivity index (χ0n) is 12.6. The molecule has 2 N–H and O–H groups in total. The summed E-state index contributed by atoms with van der Waals surface area (Å²) in [5, 5.41) is 0. The standard InChI is InChI=1S/C14H27N3O2/c1-14(2,15)8-5-12(18)17-9-6-11(7-10-17)13(19)16(3)4/h11H,5-10,15H2,1-4H3. The van der Waals surface area contributed by atoms with Crippen LogP contribution in [0.1, 0.15) is 39.5 Å². The molecule has 19 heavy (non-hydrogen) atoms. The Hall–Kier alpha value is -1.10. The summed E-state index contributed by atoms with van der Waals surface area (Å²) in [5.74, 6) is 0.412. The average Bonchev–Trinajstić information content (AvgIpc) is 2.34. The number of rotatable bonds is 4. The second-order valence-corrected chi connectivity index (χ2v) is 6.38. The molecule has 2 amide bonds. The second-order valence-electron chi connectivity index (χ2n) is 6.38. The Labute approximate surface area is 116 Å². The molecule has 5 nitrogen and oxygen atoms in total. The van der Waals surface area contributed by atoms with Crippen molar-refractivity contribution in [2.45, 2.75) is 45.1 Å². The highest BCUT2D eigenvalue weighted by atomic mass is 16.2. The lowest BCUT2D eigenvalue weighted by Gasteiger charge is -2.33. The molecule has 1 aliphatic rings. The van der Waals surface area contributed by atoms with E-state index >= 15 is 0 Å². The van der Waals surface area contributed by atoms with Gasteiger partial charge in [-0.25, -0.2) is 0 Å². The predicted octanol–water partition coefficient (Wildman–Crippen LogP) is 0.831. The van der Waals surface area contributed by atoms with Crippen LogP contribution >= 0.6 is 0 Å². The molecular weight excluding hydrogens is 242 g/mol. The summed E-state index contributed by atoms with van der Waals surface area (Å²) in [5.41, 5.74) is 5.59. The van der Waals surface area contributed by atoms with E-state index in [2.05, 4.69) is 0 Å². The van der Waals surface area contributed by atoms with E-state index in [1.807, 2.05) is 18.7 Å². The fourth-order valence-electron chi connectivity index (χ4n) is 2.33. The number of carbonyl (C=O) groups excluding carboxylic acids is 2. The molecule has 1 fully saturated rings. The topological polar surface area (TPSA) is 66.6 Å². The SMILES string of the molecule is CN(C)C(=O)C1CCN(C(=O)CCC(C)(C)N)CC1. The van der Waals surface area contributed by atoms with Gasteiger partial charge in [0.05, 0.1) is 0 Å². The molecular formula is C14H27N3O2. The maximum Gasteiger partial charge on any atom is 0.225 e. The van der Waals surface area contributed by atoms with Crippen LogP contribution in [0.25, 0.3) is 0 Å². The zero-order valence-corrected chi connectivity index (χ0v) is 12.6. The van der Waals surface area contributed by atoms with Gasteiger partial charge in [-0.05, 0) is 33.1 Å². The minimum Gasteiger partial charge on any atom is -0.349 e. The first-order valence-corrected chi connectivity index (χ1v) is 6.98. The van der Waals surface area contributed by atoms with Gasteiger partial charge in [-0.2, -0.15) is 0 Å². The lowest BCUT2D eigenvalue weighted by Crippen LogP contribution is -2.43. The highest BCUT2D eigenvalue weighted by Crippen LogP contribution is 2.20. The fraction of sp³-hybridized carbons (Fsp3) is 0.857. The van der Waals surface area contributed by atoms with Crippen molar-refractivity contribution in [3.8, 4) is 0 Å². The number of carbonyl (C=O) groups is 2. The molecule has 0 atom stereocenters. The molecule has 0 radical (unpaired) electrons. The first-order chi connectivity index (χ1) is 8.70. The Kier molecular flexibility index (Phi) is 5.35. The number of hydrogen-bond donors (Lipinski definition) is 1. The average molecular weight is 269 g/mol. The summed E-state index contributed by atoms with van der Waals surface area (Å²) in [7, 11) is 3.56. The van der Waals surface area contributed by atoms with E-state index in [1.54, 1.807) is 19.0 Å². The van der Waals surface area contributed by atoms with E-state index in [-0.39, 0.29) is 23.3 Å². The van der Waals surface area contributed by atoms with Crippen molar-refractivity contribution >= 4 is 11.8 Å². The van der Waals surface area contributed by atoms with Gasteiger partial charge in [0.15, 0.2) is 0 Å². The first-order valence-electron chi connectivity index (χ1n) is 6.98. The molecule has 0 aromatic rings. The summed E-state index contributed by atoms with van der Waals surface area (Å²) in [6.07, 6.45) is 2.74. The molecule has 5 heteroatoms. The number of hydrogen-bond acceptors (Lipinski definition) is 3. The van der Waals surface area contributed by atoms with Gasteiger partial charge in [0.2, 0.25) is 11.8 Å². The molecule has 0 bridgehead atoms. The largest absolute Gasteiger partial charge is 0.349 e. The van der Waals surface area contributed by atoms with Crippen LogP contribution in [0.3, 0.4) is 0 Å². The van der Waals surface area contributed by atoms with Crippen LogP contribution in [0.2, 0.25) is 0 Å². The van der Waals surface area contributed by atoms with E-state index in [0.29, 0.717) is 25.9 Å². The van der Waals surface area contributed by atoms with Crippen molar-refractivity contribution in [1.29, 1.82) is 0 Å². The van der Waals surface area contributed by atoms with Crippen LogP contribution in [0.15, 0.2) is 0 Å². The summed E-state index contributed by atoms with van der Waals surface area (Å²) >= 11 is 0. The van der Waals surface area contributed by atoms with Crippen molar-refractivity contribution in [2.75, 3.05) is 27.2 Å². The van der Waals surface area contributed by atoms with Crippen molar-refractivity contribution in [3.05, 3.63) is 0 Å². The second kappa shape index (κ2) is 6.37. The molecule has 1 rings (SSSR count). The zero-order chi connectivity index (χ0) is 14.6. The van der Waals surface area contributed by atoms with Crippen LogP contribution in [-0.2, 0) is 9.59 Å². The van der Waals surface area contributed by atoms with Crippen molar-refractivity contribution in [3.63, 3.8) is 0 Å². The van der Waals surface area contributed by atoms with E-state index in [9.17, 15) is 9.59 Å². The minimum absolute atomic E-state index is 0.0741. The Bertz CT molecular complexity index is 326. The highest BCUT2D eigenvalue weighted by Gasteiger charge is 2.28. The molecule has 0 aromatic heterocycles. The first kappa shape index (κ1) is 16.0. The van der Waals surface area contributed by atoms with E-state index in [4.69, 9.17) is 5.73 Å². The number of nitrogens with zero attached hydrogens (tertiary/aromatic N) is 2. The van der Waals surface area contributed by atoms with Gasteiger partial charge < -0.3 is 15.5 Å². The number of nitrogens with two attached hydrogens (primary N) is 1. The Balaban J connectivity index is 2.37. The molecule has 0 aliphatic carbocycles. The smallest absolute Gasteiger partial charge is 0.225 e. The van der Waals surface area contributed by atoms with E-state index in [0.717, 1.165) is 12.8 Å². The summed E-state index contributed by atoms with van der Waals surface area (Å²) in [6.45, 7) is 5.24. The van der Waals surface area contributed by atoms with E-state index in [1.165, 1.54) is 0 Å². The minimum atomic E-state index is -0.297. The molecule has 110 valence electrons. The lowest BCUT2D eigenvalue weighted by molar-refractivity contribution is -0.139. The highest BCUT2D eigenvalue weighted by molar-refractivity contribution is 5.79. The van der Waals surface area contributed by atoms with Crippen LogP contribution in [0.5, 0.6) is 0 Å². The fourth-order valence-corrected chi connectivity index (χ4v) is 2.33. The molecule has 1 saturated heterocycles. The maximum absolute atomic E-state index is 12.0. The summed E-state index contributed by atoms with van der Waals surface area (Å²) < 4.78 is 0. The third kappa shape index (κ3) is 5.19. The summed E-state index contributed by atoms with van der Waals surface area (Å²) in [6, 6.07) is 0. The Morgan fingerprint density at radius 2 is 1.79 bits per heavy atom. The van der Waals surface area contributed by atoms with Crippen LogP contribution in [0.4, 0.5) is 0 Å². The monoisotopic (exact) mass is 269 g/mol. The van der Waals surface area contributed by atoms with Crippen LogP contribution < -0.4 is 5.73 Å². The quantitative estimate of drug-likeness (QED) is 0.822. The maximum atomic E-state index is 12.0. The normalized spacial score (nSPS) is 17.4. The molecule has 1 heterocycles. The van der Waals surface area contributed by atoms with Gasteiger partial charge in [0, 0.05) is 45.1 Å². The van der Waals surface area contributed by atoms with Crippen molar-refractivity contribution in [1.82, 2.24) is 9.80 Å². The van der Waals surface area contributed by atoms with Gasteiger partial charge in [0.25, 0.3) is 0 Å².